The third-order valence-corrected chi connectivity index (χ3v) is 4.90. The van der Waals surface area contributed by atoms with Crippen LogP contribution in [0.2, 0.25) is 0 Å². The number of hydrogen-bond acceptors (Lipinski definition) is 5. The molecule has 2 unspecified atom stereocenters. The van der Waals surface area contributed by atoms with E-state index < -0.39 is 0 Å². The van der Waals surface area contributed by atoms with E-state index in [2.05, 4.69) is 10.1 Å². The lowest BCUT2D eigenvalue weighted by atomic mass is 9.98. The summed E-state index contributed by atoms with van der Waals surface area (Å²) < 4.78 is 5.17. The molecule has 7 heteroatoms. The lowest BCUT2D eigenvalue weighted by molar-refractivity contribution is -0.908. The highest BCUT2D eigenvalue weighted by molar-refractivity contribution is 6.11. The van der Waals surface area contributed by atoms with Gasteiger partial charge in [-0.25, -0.2) is 0 Å². The van der Waals surface area contributed by atoms with Crippen LogP contribution in [0.1, 0.15) is 31.0 Å². The third-order valence-electron chi connectivity index (χ3n) is 4.90. The highest BCUT2D eigenvalue weighted by atomic mass is 35.5. The largest absolute Gasteiger partial charge is 1.00 e. The van der Waals surface area contributed by atoms with Crippen molar-refractivity contribution in [1.29, 1.82) is 0 Å². The number of hydrogen-bond donors (Lipinski definition) is 1. The number of oxime groups is 1. The van der Waals surface area contributed by atoms with Gasteiger partial charge in [-0.2, -0.15) is 0 Å². The summed E-state index contributed by atoms with van der Waals surface area (Å²) in [5, 5.41) is 4.38. The quantitative estimate of drug-likeness (QED) is 0.251. The SMILES string of the molecule is CCOC(=O)C1CCC[NH+](CCO/N=C(/c2ccccc2)c2ccccn2)C1.[Cl-]. The Balaban J connectivity index is 0.00000300. The standard InChI is InChI=1S/C22H27N3O3.ClH/c1-2-27-22(26)19-11-8-14-25(17-19)15-16-28-24-21(18-9-4-3-5-10-18)20-12-6-7-13-23-20;/h3-7,9-10,12-13,19H,2,8,11,14-17H2,1H3;1H/b24-21-;. The molecule has 1 aromatic heterocycles. The van der Waals surface area contributed by atoms with Gasteiger partial charge in [0.2, 0.25) is 0 Å². The molecular weight excluding hydrogens is 390 g/mol. The van der Waals surface area contributed by atoms with Gasteiger partial charge in [0.05, 0.1) is 25.4 Å². The summed E-state index contributed by atoms with van der Waals surface area (Å²) in [6.45, 7) is 5.45. The van der Waals surface area contributed by atoms with E-state index in [1.165, 1.54) is 4.90 Å². The first-order valence-corrected chi connectivity index (χ1v) is 9.95. The van der Waals surface area contributed by atoms with E-state index in [1.54, 1.807) is 6.20 Å². The Hall–Kier alpha value is -2.44. The van der Waals surface area contributed by atoms with Crippen LogP contribution in [0.3, 0.4) is 0 Å². The predicted molar refractivity (Wildman–Crippen MR) is 107 cm³/mol. The maximum atomic E-state index is 12.0. The minimum atomic E-state index is -0.0693. The van der Waals surface area contributed by atoms with E-state index in [0.29, 0.717) is 13.2 Å². The van der Waals surface area contributed by atoms with Crippen LogP contribution in [0.5, 0.6) is 0 Å². The number of pyridine rings is 1. The zero-order valence-electron chi connectivity index (χ0n) is 16.7. The lowest BCUT2D eigenvalue weighted by Gasteiger charge is -2.28. The van der Waals surface area contributed by atoms with Crippen molar-refractivity contribution in [3.8, 4) is 0 Å². The molecule has 0 amide bonds. The third kappa shape index (κ3) is 6.84. The number of aromatic nitrogens is 1. The van der Waals surface area contributed by atoms with Crippen molar-refractivity contribution in [3.63, 3.8) is 0 Å². The van der Waals surface area contributed by atoms with E-state index in [0.717, 1.165) is 49.4 Å². The average molecular weight is 418 g/mol. The summed E-state index contributed by atoms with van der Waals surface area (Å²) in [5.74, 6) is -0.0687. The first kappa shape index (κ1) is 22.8. The number of carbonyl (C=O) groups excluding carboxylic acids is 1. The summed E-state index contributed by atoms with van der Waals surface area (Å²) in [5.41, 5.74) is 2.47. The first-order chi connectivity index (χ1) is 13.8. The van der Waals surface area contributed by atoms with Crippen molar-refractivity contribution in [1.82, 2.24) is 4.98 Å². The summed E-state index contributed by atoms with van der Waals surface area (Å²) in [6.07, 6.45) is 3.70. The van der Waals surface area contributed by atoms with Crippen LogP contribution in [0, 0.1) is 5.92 Å². The minimum Gasteiger partial charge on any atom is -1.00 e. The molecule has 3 rings (SSSR count). The van der Waals surface area contributed by atoms with Crippen molar-refractivity contribution in [2.45, 2.75) is 19.8 Å². The summed E-state index contributed by atoms with van der Waals surface area (Å²) in [4.78, 5) is 23.4. The molecule has 0 spiro atoms. The van der Waals surface area contributed by atoms with Crippen molar-refractivity contribution in [2.24, 2.45) is 11.1 Å². The highest BCUT2D eigenvalue weighted by Gasteiger charge is 2.29. The van der Waals surface area contributed by atoms with E-state index in [1.807, 2.05) is 55.5 Å². The zero-order chi connectivity index (χ0) is 19.6. The number of ether oxygens (including phenoxy) is 1. The molecule has 2 aromatic rings. The maximum absolute atomic E-state index is 12.0. The van der Waals surface area contributed by atoms with Crippen LogP contribution < -0.4 is 17.3 Å². The molecule has 1 N–H and O–H groups in total. The summed E-state index contributed by atoms with van der Waals surface area (Å²) in [7, 11) is 0. The Bertz CT molecular complexity index is 730. The molecule has 0 bridgehead atoms. The molecule has 0 saturated carbocycles. The normalized spacial score (nSPS) is 19.1. The van der Waals surface area contributed by atoms with Crippen LogP contribution in [0.15, 0.2) is 59.9 Å². The Morgan fingerprint density at radius 1 is 1.21 bits per heavy atom. The molecule has 2 heterocycles. The zero-order valence-corrected chi connectivity index (χ0v) is 17.5. The monoisotopic (exact) mass is 417 g/mol. The number of piperidine rings is 1. The Morgan fingerprint density at radius 3 is 2.72 bits per heavy atom. The number of halogens is 1. The highest BCUT2D eigenvalue weighted by Crippen LogP contribution is 2.10. The number of esters is 1. The van der Waals surface area contributed by atoms with Gasteiger partial charge in [0, 0.05) is 11.8 Å². The van der Waals surface area contributed by atoms with Gasteiger partial charge in [-0.3, -0.25) is 9.78 Å². The Morgan fingerprint density at radius 2 is 2.00 bits per heavy atom. The molecule has 6 nitrogen and oxygen atoms in total. The first-order valence-electron chi connectivity index (χ1n) is 9.95. The van der Waals surface area contributed by atoms with Crippen LogP contribution in [0.4, 0.5) is 0 Å². The fourth-order valence-electron chi connectivity index (χ4n) is 3.49. The molecular formula is C22H28ClN3O3. The van der Waals surface area contributed by atoms with Gasteiger partial charge in [0.1, 0.15) is 18.2 Å². The van der Waals surface area contributed by atoms with Crippen molar-refractivity contribution >= 4 is 11.7 Å². The maximum Gasteiger partial charge on any atom is 0.314 e. The second-order valence-corrected chi connectivity index (χ2v) is 6.90. The van der Waals surface area contributed by atoms with Gasteiger partial charge in [0.15, 0.2) is 6.61 Å². The molecule has 156 valence electrons. The average Bonchev–Trinajstić information content (AvgIpc) is 2.75. The van der Waals surface area contributed by atoms with Crippen molar-refractivity contribution in [2.75, 3.05) is 32.8 Å². The number of benzene rings is 1. The minimum absolute atomic E-state index is 0. The summed E-state index contributed by atoms with van der Waals surface area (Å²) in [6, 6.07) is 15.7. The van der Waals surface area contributed by atoms with Gasteiger partial charge in [-0.05, 0) is 31.9 Å². The topological polar surface area (TPSA) is 65.2 Å². The summed E-state index contributed by atoms with van der Waals surface area (Å²) >= 11 is 0. The van der Waals surface area contributed by atoms with Gasteiger partial charge in [-0.15, -0.1) is 0 Å². The van der Waals surface area contributed by atoms with Crippen LogP contribution in [-0.4, -0.2) is 49.5 Å². The van der Waals surface area contributed by atoms with Crippen LogP contribution in [0.25, 0.3) is 0 Å². The fraction of sp³-hybridized carbons (Fsp3) is 0.409. The van der Waals surface area contributed by atoms with Crippen LogP contribution >= 0.6 is 0 Å². The molecule has 1 aliphatic heterocycles. The van der Waals surface area contributed by atoms with Gasteiger partial charge in [0.25, 0.3) is 0 Å². The number of quaternary nitrogens is 1. The molecule has 2 atom stereocenters. The second-order valence-electron chi connectivity index (χ2n) is 6.90. The Kier molecular flexibility index (Phi) is 9.60. The molecule has 1 aromatic carbocycles. The molecule has 0 aliphatic carbocycles. The van der Waals surface area contributed by atoms with Crippen molar-refractivity contribution < 1.29 is 31.7 Å². The van der Waals surface area contributed by atoms with E-state index in [-0.39, 0.29) is 24.3 Å². The van der Waals surface area contributed by atoms with Gasteiger partial charge >= 0.3 is 5.97 Å². The van der Waals surface area contributed by atoms with Crippen molar-refractivity contribution in [3.05, 3.63) is 66.0 Å². The number of nitrogens with one attached hydrogen (secondary N) is 1. The number of likely N-dealkylation sites (tertiary alicyclic amines) is 1. The number of carbonyl (C=O) groups is 1. The van der Waals surface area contributed by atoms with Crippen LogP contribution in [-0.2, 0) is 14.4 Å². The molecule has 1 saturated heterocycles. The molecule has 0 radical (unpaired) electrons. The number of nitrogens with zero attached hydrogens (tertiary/aromatic N) is 2. The van der Waals surface area contributed by atoms with E-state index >= 15 is 0 Å². The molecule has 1 aliphatic rings. The lowest BCUT2D eigenvalue weighted by Crippen LogP contribution is -3.14. The van der Waals surface area contributed by atoms with Gasteiger partial charge < -0.3 is 26.9 Å². The smallest absolute Gasteiger partial charge is 0.314 e. The van der Waals surface area contributed by atoms with E-state index in [9.17, 15) is 4.79 Å². The predicted octanol–water partition coefficient (Wildman–Crippen LogP) is -1.29. The van der Waals surface area contributed by atoms with Gasteiger partial charge in [-0.1, -0.05) is 41.6 Å². The molecule has 29 heavy (non-hydrogen) atoms. The van der Waals surface area contributed by atoms with E-state index in [4.69, 9.17) is 9.57 Å². The number of rotatable bonds is 8. The Labute approximate surface area is 178 Å². The fourth-order valence-corrected chi connectivity index (χ4v) is 3.49. The second kappa shape index (κ2) is 12.2. The molecule has 1 fully saturated rings.